The number of nitrogens with one attached hydrogen (secondary N) is 1. The van der Waals surface area contributed by atoms with Gasteiger partial charge in [-0.2, -0.15) is 4.98 Å². The molecule has 1 saturated heterocycles. The second kappa shape index (κ2) is 16.5. The van der Waals surface area contributed by atoms with E-state index in [2.05, 4.69) is 52.4 Å². The van der Waals surface area contributed by atoms with Gasteiger partial charge in [-0.3, -0.25) is 4.90 Å². The third kappa shape index (κ3) is 9.98. The Balaban J connectivity index is 1.02. The molecule has 0 atom stereocenters. The molecule has 1 aromatic heterocycles. The molecular weight excluding hydrogens is 502 g/mol. The van der Waals surface area contributed by atoms with E-state index in [1.807, 2.05) is 0 Å². The summed E-state index contributed by atoms with van der Waals surface area (Å²) in [5.41, 5.74) is 3.79. The zero-order valence-corrected chi connectivity index (χ0v) is 26.1. The van der Waals surface area contributed by atoms with Crippen molar-refractivity contribution in [3.8, 4) is 0 Å². The molecule has 226 valence electrons. The number of hydrogen-bond acceptors (Lipinski definition) is 5. The molecule has 3 fully saturated rings. The van der Waals surface area contributed by atoms with Crippen molar-refractivity contribution < 1.29 is 0 Å². The lowest BCUT2D eigenvalue weighted by Gasteiger charge is -2.40. The fraction of sp³-hybridized carbons (Fsp3) is 0.722. The number of hydrogen-bond donors (Lipinski definition) is 1. The lowest BCUT2D eigenvalue weighted by atomic mass is 9.85. The first kappa shape index (κ1) is 30.3. The molecule has 41 heavy (non-hydrogen) atoms. The Morgan fingerprint density at radius 1 is 0.707 bits per heavy atom. The van der Waals surface area contributed by atoms with Crippen molar-refractivity contribution in [1.82, 2.24) is 14.9 Å². The van der Waals surface area contributed by atoms with Gasteiger partial charge in [-0.05, 0) is 49.7 Å². The summed E-state index contributed by atoms with van der Waals surface area (Å²) in [6.45, 7) is 7.29. The first-order valence-electron chi connectivity index (χ1n) is 17.4. The highest BCUT2D eigenvalue weighted by Crippen LogP contribution is 2.28. The maximum atomic E-state index is 4.93. The van der Waals surface area contributed by atoms with Crippen molar-refractivity contribution in [3.05, 3.63) is 47.2 Å². The molecular formula is C36H57N5. The van der Waals surface area contributed by atoms with Crippen molar-refractivity contribution in [2.75, 3.05) is 36.4 Å². The van der Waals surface area contributed by atoms with Gasteiger partial charge in [0.2, 0.25) is 5.95 Å². The molecule has 0 radical (unpaired) electrons. The highest BCUT2D eigenvalue weighted by atomic mass is 15.3. The van der Waals surface area contributed by atoms with Gasteiger partial charge in [-0.15, -0.1) is 0 Å². The Bertz CT molecular complexity index is 999. The van der Waals surface area contributed by atoms with Crippen molar-refractivity contribution >= 4 is 11.8 Å². The van der Waals surface area contributed by atoms with E-state index < -0.39 is 0 Å². The maximum absolute atomic E-state index is 4.93. The number of nitrogens with zero attached hydrogens (tertiary/aromatic N) is 4. The van der Waals surface area contributed by atoms with Crippen LogP contribution in [0.25, 0.3) is 0 Å². The predicted octanol–water partition coefficient (Wildman–Crippen LogP) is 8.71. The van der Waals surface area contributed by atoms with Crippen molar-refractivity contribution in [3.63, 3.8) is 0 Å². The highest BCUT2D eigenvalue weighted by Gasteiger charge is 2.25. The second-order valence-corrected chi connectivity index (χ2v) is 13.3. The average molecular weight is 560 g/mol. The van der Waals surface area contributed by atoms with Crippen LogP contribution < -0.4 is 10.2 Å². The summed E-state index contributed by atoms with van der Waals surface area (Å²) in [5, 5.41) is 3.51. The molecule has 5 heteroatoms. The van der Waals surface area contributed by atoms with E-state index >= 15 is 0 Å². The van der Waals surface area contributed by atoms with Crippen LogP contribution >= 0.6 is 0 Å². The quantitative estimate of drug-likeness (QED) is 0.264. The minimum Gasteiger partial charge on any atom is -0.354 e. The van der Waals surface area contributed by atoms with Crippen molar-refractivity contribution in [2.45, 2.75) is 135 Å². The number of piperazine rings is 1. The van der Waals surface area contributed by atoms with Gasteiger partial charge in [0, 0.05) is 50.5 Å². The number of rotatable bonds is 12. The van der Waals surface area contributed by atoms with Crippen LogP contribution in [0.4, 0.5) is 11.8 Å². The molecule has 0 spiro atoms. The first-order valence-corrected chi connectivity index (χ1v) is 17.4. The summed E-state index contributed by atoms with van der Waals surface area (Å²) in [4.78, 5) is 14.9. The molecule has 5 rings (SSSR count). The summed E-state index contributed by atoms with van der Waals surface area (Å²) < 4.78 is 0. The van der Waals surface area contributed by atoms with Crippen LogP contribution in [0, 0.1) is 12.8 Å². The molecule has 0 unspecified atom stereocenters. The summed E-state index contributed by atoms with van der Waals surface area (Å²) in [6.07, 6.45) is 25.5. The van der Waals surface area contributed by atoms with Gasteiger partial charge in [0.1, 0.15) is 5.82 Å². The summed E-state index contributed by atoms with van der Waals surface area (Å²) in [5.74, 6) is 2.86. The molecule has 1 N–H and O–H groups in total. The first-order chi connectivity index (χ1) is 20.2. The fourth-order valence-corrected chi connectivity index (χ4v) is 7.51. The Labute approximate surface area is 250 Å². The third-order valence-electron chi connectivity index (χ3n) is 10.1. The molecule has 0 bridgehead atoms. The van der Waals surface area contributed by atoms with Gasteiger partial charge in [0.15, 0.2) is 0 Å². The number of unbranched alkanes of at least 4 members (excludes halogenated alkanes) is 3. The minimum absolute atomic E-state index is 0.750. The topological polar surface area (TPSA) is 44.3 Å². The van der Waals surface area contributed by atoms with Gasteiger partial charge in [-0.1, -0.05) is 114 Å². The zero-order valence-electron chi connectivity index (χ0n) is 26.1. The number of anilines is 2. The van der Waals surface area contributed by atoms with E-state index in [0.29, 0.717) is 0 Å². The van der Waals surface area contributed by atoms with Crippen LogP contribution in [0.1, 0.15) is 126 Å². The molecule has 2 heterocycles. The SMILES string of the molecule is Cc1cc(N2CCN(C3CCCCCCC3)CC2)nc(NCc2ccc(CCCCCCC3CCCCC3)cc2)n1. The van der Waals surface area contributed by atoms with Gasteiger partial charge >= 0.3 is 0 Å². The van der Waals surface area contributed by atoms with Crippen LogP contribution in [-0.4, -0.2) is 47.1 Å². The largest absolute Gasteiger partial charge is 0.354 e. The van der Waals surface area contributed by atoms with E-state index in [4.69, 9.17) is 9.97 Å². The van der Waals surface area contributed by atoms with Gasteiger partial charge in [0.25, 0.3) is 0 Å². The maximum Gasteiger partial charge on any atom is 0.225 e. The standard InChI is InChI=1S/C36H57N5/c1-30-28-35(41-26-24-40(25-27-41)34-18-12-3-2-4-13-19-34)39-36(38-30)37-29-33-22-20-32(21-23-33)17-9-6-5-8-14-31-15-10-7-11-16-31/h20-23,28,31,34H,2-19,24-27,29H2,1H3,(H,37,38,39). The van der Waals surface area contributed by atoms with Crippen LogP contribution in [0.3, 0.4) is 0 Å². The average Bonchev–Trinajstić information content (AvgIpc) is 2.99. The summed E-state index contributed by atoms with van der Waals surface area (Å²) >= 11 is 0. The Morgan fingerprint density at radius 2 is 1.34 bits per heavy atom. The number of benzene rings is 1. The van der Waals surface area contributed by atoms with Crippen LogP contribution in [0.5, 0.6) is 0 Å². The summed E-state index contributed by atoms with van der Waals surface area (Å²) in [6, 6.07) is 12.1. The minimum atomic E-state index is 0.750. The Kier molecular flexibility index (Phi) is 12.2. The van der Waals surface area contributed by atoms with Gasteiger partial charge in [-0.25, -0.2) is 4.98 Å². The molecule has 5 nitrogen and oxygen atoms in total. The van der Waals surface area contributed by atoms with Crippen LogP contribution in [0.15, 0.2) is 30.3 Å². The third-order valence-corrected chi connectivity index (χ3v) is 10.1. The van der Waals surface area contributed by atoms with Crippen molar-refractivity contribution in [1.29, 1.82) is 0 Å². The van der Waals surface area contributed by atoms with Crippen LogP contribution in [0.2, 0.25) is 0 Å². The van der Waals surface area contributed by atoms with E-state index in [1.165, 1.54) is 127 Å². The normalized spacial score (nSPS) is 20.1. The lowest BCUT2D eigenvalue weighted by Crippen LogP contribution is -2.50. The van der Waals surface area contributed by atoms with E-state index in [9.17, 15) is 0 Å². The molecule has 1 aromatic carbocycles. The summed E-state index contributed by atoms with van der Waals surface area (Å²) in [7, 11) is 0. The molecule has 2 saturated carbocycles. The zero-order chi connectivity index (χ0) is 28.1. The molecule has 3 aliphatic rings. The highest BCUT2D eigenvalue weighted by molar-refractivity contribution is 5.45. The van der Waals surface area contributed by atoms with E-state index in [1.54, 1.807) is 0 Å². The van der Waals surface area contributed by atoms with E-state index in [0.717, 1.165) is 62.1 Å². The smallest absolute Gasteiger partial charge is 0.225 e. The van der Waals surface area contributed by atoms with Gasteiger partial charge in [0.05, 0.1) is 0 Å². The Morgan fingerprint density at radius 3 is 2.10 bits per heavy atom. The Hall–Kier alpha value is -2.14. The fourth-order valence-electron chi connectivity index (χ4n) is 7.51. The van der Waals surface area contributed by atoms with Crippen molar-refractivity contribution in [2.24, 2.45) is 5.92 Å². The van der Waals surface area contributed by atoms with Crippen LogP contribution in [-0.2, 0) is 13.0 Å². The molecule has 1 aliphatic heterocycles. The van der Waals surface area contributed by atoms with Gasteiger partial charge < -0.3 is 10.2 Å². The molecule has 2 aliphatic carbocycles. The number of aromatic nitrogens is 2. The van der Waals surface area contributed by atoms with E-state index in [-0.39, 0.29) is 0 Å². The monoisotopic (exact) mass is 559 g/mol. The molecule has 0 amide bonds. The number of aryl methyl sites for hydroxylation is 2. The lowest BCUT2D eigenvalue weighted by molar-refractivity contribution is 0.156. The predicted molar refractivity (Wildman–Crippen MR) is 174 cm³/mol. The second-order valence-electron chi connectivity index (χ2n) is 13.3. The molecule has 2 aromatic rings.